The largest absolute Gasteiger partial charge is 0.350 e. The topological polar surface area (TPSA) is 80.1 Å². The molecular formula is C19H21N5O2S. The van der Waals surface area contributed by atoms with E-state index in [0.717, 1.165) is 24.9 Å². The number of carbonyl (C=O) groups excluding carboxylic acids is 1. The summed E-state index contributed by atoms with van der Waals surface area (Å²) in [6, 6.07) is 9.59. The highest BCUT2D eigenvalue weighted by molar-refractivity contribution is 7.22. The van der Waals surface area contributed by atoms with Crippen molar-refractivity contribution in [2.75, 3.05) is 11.4 Å². The number of hydrogen-bond donors (Lipinski definition) is 1. The molecule has 1 saturated heterocycles. The van der Waals surface area contributed by atoms with Crippen LogP contribution in [0.5, 0.6) is 0 Å². The Balaban J connectivity index is 1.56. The molecule has 8 heteroatoms. The van der Waals surface area contributed by atoms with E-state index in [1.54, 1.807) is 14.0 Å². The van der Waals surface area contributed by atoms with E-state index < -0.39 is 0 Å². The van der Waals surface area contributed by atoms with Crippen LogP contribution < -0.4 is 15.8 Å². The zero-order valence-corrected chi connectivity index (χ0v) is 16.1. The summed E-state index contributed by atoms with van der Waals surface area (Å²) in [6.45, 7) is 3.04. The summed E-state index contributed by atoms with van der Waals surface area (Å²) in [6.07, 6.45) is 1.70. The van der Waals surface area contributed by atoms with Gasteiger partial charge in [0, 0.05) is 20.1 Å². The van der Waals surface area contributed by atoms with Crippen LogP contribution in [-0.2, 0) is 18.4 Å². The van der Waals surface area contributed by atoms with Crippen molar-refractivity contribution in [2.24, 2.45) is 7.05 Å². The Morgan fingerprint density at radius 1 is 1.30 bits per heavy atom. The number of thiazole rings is 1. The van der Waals surface area contributed by atoms with Crippen LogP contribution in [0.1, 0.15) is 24.2 Å². The van der Waals surface area contributed by atoms with Crippen LogP contribution in [-0.4, -0.2) is 33.0 Å². The van der Waals surface area contributed by atoms with Gasteiger partial charge in [-0.2, -0.15) is 4.98 Å². The lowest BCUT2D eigenvalue weighted by Gasteiger charge is -2.23. The van der Waals surface area contributed by atoms with Crippen LogP contribution in [0.4, 0.5) is 5.13 Å². The Hall–Kier alpha value is -2.74. The molecule has 1 aromatic carbocycles. The van der Waals surface area contributed by atoms with E-state index in [4.69, 9.17) is 0 Å². The Bertz CT molecular complexity index is 1040. The van der Waals surface area contributed by atoms with E-state index in [9.17, 15) is 9.59 Å². The molecule has 1 unspecified atom stereocenters. The fourth-order valence-corrected chi connectivity index (χ4v) is 4.39. The Morgan fingerprint density at radius 2 is 2.07 bits per heavy atom. The van der Waals surface area contributed by atoms with E-state index in [-0.39, 0.29) is 17.5 Å². The van der Waals surface area contributed by atoms with Crippen molar-refractivity contribution in [3.05, 3.63) is 52.1 Å². The second kappa shape index (κ2) is 7.11. The van der Waals surface area contributed by atoms with Crippen LogP contribution >= 0.6 is 11.3 Å². The number of rotatable bonds is 4. The Morgan fingerprint density at radius 3 is 2.85 bits per heavy atom. The summed E-state index contributed by atoms with van der Waals surface area (Å²) in [5.74, 6) is 0.621. The lowest BCUT2D eigenvalue weighted by Crippen LogP contribution is -2.43. The molecule has 140 valence electrons. The van der Waals surface area contributed by atoms with Crippen LogP contribution in [0.3, 0.4) is 0 Å². The van der Waals surface area contributed by atoms with E-state index in [1.165, 1.54) is 15.9 Å². The van der Waals surface area contributed by atoms with E-state index in [1.807, 2.05) is 35.2 Å². The SMILES string of the molecule is Cc1nc2nc(N3CCCC3C(=O)NCc3ccccc3)sc2c(=O)n1C. The van der Waals surface area contributed by atoms with Crippen LogP contribution in [0.25, 0.3) is 10.3 Å². The third-order valence-corrected chi connectivity index (χ3v) is 6.03. The van der Waals surface area contributed by atoms with Crippen molar-refractivity contribution in [1.82, 2.24) is 19.9 Å². The highest BCUT2D eigenvalue weighted by atomic mass is 32.1. The molecule has 27 heavy (non-hydrogen) atoms. The van der Waals surface area contributed by atoms with Gasteiger partial charge in [0.1, 0.15) is 16.6 Å². The number of nitrogens with zero attached hydrogens (tertiary/aromatic N) is 4. The van der Waals surface area contributed by atoms with Crippen LogP contribution in [0, 0.1) is 6.92 Å². The zero-order valence-electron chi connectivity index (χ0n) is 15.3. The molecule has 1 N–H and O–H groups in total. The molecule has 1 fully saturated rings. The fraction of sp³-hybridized carbons (Fsp3) is 0.368. The summed E-state index contributed by atoms with van der Waals surface area (Å²) in [5, 5.41) is 3.71. The third-order valence-electron chi connectivity index (χ3n) is 4.96. The second-order valence-corrected chi connectivity index (χ2v) is 7.70. The standard InChI is InChI=1S/C19H21N5O2S/c1-12-21-16-15(18(26)23(12)2)27-19(22-16)24-10-6-9-14(24)17(25)20-11-13-7-4-3-5-8-13/h3-5,7-8,14H,6,9-11H2,1-2H3,(H,20,25). The number of aromatic nitrogens is 3. The average molecular weight is 383 g/mol. The molecule has 1 amide bonds. The molecule has 0 aliphatic carbocycles. The van der Waals surface area contributed by atoms with Crippen molar-refractivity contribution >= 4 is 32.7 Å². The van der Waals surface area contributed by atoms with Gasteiger partial charge in [-0.1, -0.05) is 41.7 Å². The number of hydrogen-bond acceptors (Lipinski definition) is 6. The number of nitrogens with one attached hydrogen (secondary N) is 1. The number of anilines is 1. The van der Waals surface area contributed by atoms with E-state index in [2.05, 4.69) is 15.3 Å². The molecule has 2 aromatic heterocycles. The molecule has 0 saturated carbocycles. The quantitative estimate of drug-likeness (QED) is 0.745. The molecule has 1 atom stereocenters. The molecule has 0 spiro atoms. The van der Waals surface area contributed by atoms with Crippen molar-refractivity contribution < 1.29 is 4.79 Å². The van der Waals surface area contributed by atoms with Crippen molar-refractivity contribution in [1.29, 1.82) is 0 Å². The van der Waals surface area contributed by atoms with E-state index >= 15 is 0 Å². The number of amides is 1. The van der Waals surface area contributed by atoms with Gasteiger partial charge in [-0.3, -0.25) is 14.2 Å². The summed E-state index contributed by atoms with van der Waals surface area (Å²) >= 11 is 1.32. The van der Waals surface area contributed by atoms with Crippen molar-refractivity contribution in [3.8, 4) is 0 Å². The first-order valence-electron chi connectivity index (χ1n) is 8.97. The summed E-state index contributed by atoms with van der Waals surface area (Å²) in [4.78, 5) is 36.1. The summed E-state index contributed by atoms with van der Waals surface area (Å²) < 4.78 is 2.06. The highest BCUT2D eigenvalue weighted by Gasteiger charge is 2.33. The van der Waals surface area contributed by atoms with Gasteiger partial charge in [0.25, 0.3) is 5.56 Å². The monoisotopic (exact) mass is 383 g/mol. The number of fused-ring (bicyclic) bond motifs is 1. The minimum atomic E-state index is -0.265. The first-order chi connectivity index (χ1) is 13.0. The lowest BCUT2D eigenvalue weighted by molar-refractivity contribution is -0.122. The average Bonchev–Trinajstić information content (AvgIpc) is 3.32. The van der Waals surface area contributed by atoms with Gasteiger partial charge in [-0.05, 0) is 25.3 Å². The maximum Gasteiger partial charge on any atom is 0.273 e. The molecule has 0 bridgehead atoms. The molecule has 3 heterocycles. The first kappa shape index (κ1) is 17.7. The molecule has 1 aliphatic rings. The molecule has 7 nitrogen and oxygen atoms in total. The van der Waals surface area contributed by atoms with Gasteiger partial charge >= 0.3 is 0 Å². The Labute approximate surface area is 160 Å². The maximum absolute atomic E-state index is 12.7. The third kappa shape index (κ3) is 3.32. The predicted molar refractivity (Wildman–Crippen MR) is 106 cm³/mol. The van der Waals surface area contributed by atoms with Gasteiger partial charge in [0.2, 0.25) is 5.91 Å². The molecule has 1 aliphatic heterocycles. The molecule has 0 radical (unpaired) electrons. The van der Waals surface area contributed by atoms with Gasteiger partial charge < -0.3 is 10.2 Å². The minimum Gasteiger partial charge on any atom is -0.350 e. The number of carbonyl (C=O) groups is 1. The first-order valence-corrected chi connectivity index (χ1v) is 9.78. The number of benzene rings is 1. The maximum atomic E-state index is 12.7. The predicted octanol–water partition coefficient (Wildman–Crippen LogP) is 1.98. The van der Waals surface area contributed by atoms with E-state index in [0.29, 0.717) is 27.8 Å². The van der Waals surface area contributed by atoms with Gasteiger partial charge in [-0.15, -0.1) is 0 Å². The van der Waals surface area contributed by atoms with Gasteiger partial charge in [-0.25, -0.2) is 4.98 Å². The smallest absolute Gasteiger partial charge is 0.273 e. The van der Waals surface area contributed by atoms with Gasteiger partial charge in [0.05, 0.1) is 0 Å². The van der Waals surface area contributed by atoms with Crippen LogP contribution in [0.15, 0.2) is 35.1 Å². The van der Waals surface area contributed by atoms with Gasteiger partial charge in [0.15, 0.2) is 10.8 Å². The molecule has 3 aromatic rings. The normalized spacial score (nSPS) is 16.8. The highest BCUT2D eigenvalue weighted by Crippen LogP contribution is 2.31. The summed E-state index contributed by atoms with van der Waals surface area (Å²) in [5.41, 5.74) is 1.44. The molecular weight excluding hydrogens is 362 g/mol. The Kier molecular flexibility index (Phi) is 4.65. The van der Waals surface area contributed by atoms with Crippen molar-refractivity contribution in [2.45, 2.75) is 32.4 Å². The fourth-order valence-electron chi connectivity index (χ4n) is 3.34. The molecule has 4 rings (SSSR count). The number of aryl methyl sites for hydroxylation is 1. The summed E-state index contributed by atoms with van der Waals surface area (Å²) in [7, 11) is 1.71. The zero-order chi connectivity index (χ0) is 19.0. The second-order valence-electron chi connectivity index (χ2n) is 6.73. The van der Waals surface area contributed by atoms with Crippen LogP contribution in [0.2, 0.25) is 0 Å². The minimum absolute atomic E-state index is 0.00680. The van der Waals surface area contributed by atoms with Crippen molar-refractivity contribution in [3.63, 3.8) is 0 Å². The lowest BCUT2D eigenvalue weighted by atomic mass is 10.2.